The van der Waals surface area contributed by atoms with E-state index in [1.165, 1.54) is 14.2 Å². The standard InChI is InChI=1S/C15H24N2O5/c1-21-12(18)6-5-11(13(19)22-2)16-14(20)15-7-3-9-17(15)10-4-8-15/h11H,3-10H2,1-2H3,(H,16,20). The van der Waals surface area contributed by atoms with Gasteiger partial charge in [-0.3, -0.25) is 14.5 Å². The van der Waals surface area contributed by atoms with E-state index >= 15 is 0 Å². The first-order chi connectivity index (χ1) is 10.5. The molecule has 1 unspecified atom stereocenters. The molecule has 0 aromatic rings. The fraction of sp³-hybridized carbons (Fsp3) is 0.800. The minimum Gasteiger partial charge on any atom is -0.469 e. The van der Waals surface area contributed by atoms with Crippen LogP contribution in [-0.2, 0) is 23.9 Å². The Kier molecular flexibility index (Phi) is 5.39. The van der Waals surface area contributed by atoms with E-state index in [4.69, 9.17) is 4.74 Å². The monoisotopic (exact) mass is 312 g/mol. The third-order valence-electron chi connectivity index (χ3n) is 4.72. The smallest absolute Gasteiger partial charge is 0.328 e. The summed E-state index contributed by atoms with van der Waals surface area (Å²) in [6.45, 7) is 1.86. The maximum atomic E-state index is 12.7. The molecule has 2 aliphatic heterocycles. The molecule has 7 heteroatoms. The van der Waals surface area contributed by atoms with E-state index in [-0.39, 0.29) is 18.7 Å². The van der Waals surface area contributed by atoms with Gasteiger partial charge in [-0.15, -0.1) is 0 Å². The number of rotatable bonds is 6. The van der Waals surface area contributed by atoms with E-state index in [1.54, 1.807) is 0 Å². The fourth-order valence-electron chi connectivity index (χ4n) is 3.52. The van der Waals surface area contributed by atoms with Crippen LogP contribution in [0, 0.1) is 0 Å². The first-order valence-electron chi connectivity index (χ1n) is 7.74. The van der Waals surface area contributed by atoms with Crippen LogP contribution in [0.15, 0.2) is 0 Å². The van der Waals surface area contributed by atoms with Crippen LogP contribution in [0.5, 0.6) is 0 Å². The van der Waals surface area contributed by atoms with E-state index in [9.17, 15) is 14.4 Å². The summed E-state index contributed by atoms with van der Waals surface area (Å²) in [5, 5.41) is 2.79. The largest absolute Gasteiger partial charge is 0.469 e. The van der Waals surface area contributed by atoms with Gasteiger partial charge in [0.2, 0.25) is 5.91 Å². The molecule has 22 heavy (non-hydrogen) atoms. The van der Waals surface area contributed by atoms with Crippen molar-refractivity contribution in [3.63, 3.8) is 0 Å². The highest BCUT2D eigenvalue weighted by molar-refractivity contribution is 5.91. The summed E-state index contributed by atoms with van der Waals surface area (Å²) >= 11 is 0. The molecule has 2 rings (SSSR count). The SMILES string of the molecule is COC(=O)CCC(NC(=O)C12CCCN1CCC2)C(=O)OC. The Hall–Kier alpha value is -1.63. The Labute approximate surface area is 130 Å². The van der Waals surface area contributed by atoms with E-state index in [0.29, 0.717) is 0 Å². The van der Waals surface area contributed by atoms with Crippen molar-refractivity contribution in [2.75, 3.05) is 27.3 Å². The Bertz CT molecular complexity index is 441. The highest BCUT2D eigenvalue weighted by Gasteiger charge is 2.50. The fourth-order valence-corrected chi connectivity index (χ4v) is 3.52. The second-order valence-electron chi connectivity index (χ2n) is 5.89. The number of methoxy groups -OCH3 is 2. The van der Waals surface area contributed by atoms with Gasteiger partial charge in [-0.05, 0) is 45.2 Å². The van der Waals surface area contributed by atoms with Crippen molar-refractivity contribution >= 4 is 17.8 Å². The summed E-state index contributed by atoms with van der Waals surface area (Å²) in [4.78, 5) is 38.0. The summed E-state index contributed by atoms with van der Waals surface area (Å²) in [6, 6.07) is -0.811. The number of nitrogens with zero attached hydrogens (tertiary/aromatic N) is 1. The lowest BCUT2D eigenvalue weighted by atomic mass is 9.92. The zero-order valence-corrected chi connectivity index (χ0v) is 13.2. The van der Waals surface area contributed by atoms with E-state index in [2.05, 4.69) is 15.0 Å². The summed E-state index contributed by atoms with van der Waals surface area (Å²) < 4.78 is 9.31. The highest BCUT2D eigenvalue weighted by Crippen LogP contribution is 2.39. The maximum Gasteiger partial charge on any atom is 0.328 e. The summed E-state index contributed by atoms with van der Waals surface area (Å²) in [7, 11) is 2.57. The van der Waals surface area contributed by atoms with Crippen molar-refractivity contribution in [2.24, 2.45) is 0 Å². The number of ether oxygens (including phenoxy) is 2. The van der Waals surface area contributed by atoms with Gasteiger partial charge in [-0.1, -0.05) is 0 Å². The van der Waals surface area contributed by atoms with Gasteiger partial charge in [0.25, 0.3) is 0 Å². The lowest BCUT2D eigenvalue weighted by Crippen LogP contribution is -2.56. The van der Waals surface area contributed by atoms with Crippen molar-refractivity contribution in [1.29, 1.82) is 0 Å². The molecule has 0 aromatic carbocycles. The number of hydrogen-bond donors (Lipinski definition) is 1. The molecule has 7 nitrogen and oxygen atoms in total. The van der Waals surface area contributed by atoms with Gasteiger partial charge >= 0.3 is 11.9 Å². The average molecular weight is 312 g/mol. The Morgan fingerprint density at radius 1 is 1.14 bits per heavy atom. The van der Waals surface area contributed by atoms with Crippen molar-refractivity contribution in [2.45, 2.75) is 50.1 Å². The van der Waals surface area contributed by atoms with Gasteiger partial charge in [0.05, 0.1) is 14.2 Å². The van der Waals surface area contributed by atoms with E-state index in [0.717, 1.165) is 38.8 Å². The van der Waals surface area contributed by atoms with Crippen LogP contribution in [0.3, 0.4) is 0 Å². The van der Waals surface area contributed by atoms with Crippen molar-refractivity contribution in [1.82, 2.24) is 10.2 Å². The Morgan fingerprint density at radius 2 is 1.77 bits per heavy atom. The highest BCUT2D eigenvalue weighted by atomic mass is 16.5. The van der Waals surface area contributed by atoms with Gasteiger partial charge in [0.1, 0.15) is 11.6 Å². The lowest BCUT2D eigenvalue weighted by Gasteiger charge is -2.32. The quantitative estimate of drug-likeness (QED) is 0.707. The van der Waals surface area contributed by atoms with Gasteiger partial charge < -0.3 is 14.8 Å². The van der Waals surface area contributed by atoms with Gasteiger partial charge in [0.15, 0.2) is 0 Å². The third kappa shape index (κ3) is 3.24. The molecule has 2 fully saturated rings. The zero-order chi connectivity index (χ0) is 16.2. The molecule has 2 aliphatic rings. The number of carbonyl (C=O) groups excluding carboxylic acids is 3. The number of esters is 2. The number of fused-ring (bicyclic) bond motifs is 1. The third-order valence-corrected chi connectivity index (χ3v) is 4.72. The van der Waals surface area contributed by atoms with Gasteiger partial charge in [-0.25, -0.2) is 4.79 Å². The molecule has 0 saturated carbocycles. The molecule has 1 atom stereocenters. The lowest BCUT2D eigenvalue weighted by molar-refractivity contribution is -0.147. The second kappa shape index (κ2) is 7.09. The molecular weight excluding hydrogens is 288 g/mol. The topological polar surface area (TPSA) is 84.9 Å². The van der Waals surface area contributed by atoms with Crippen LogP contribution in [-0.4, -0.2) is 61.6 Å². The van der Waals surface area contributed by atoms with Crippen LogP contribution >= 0.6 is 0 Å². The van der Waals surface area contributed by atoms with Crippen LogP contribution in [0.25, 0.3) is 0 Å². The molecule has 0 radical (unpaired) electrons. The summed E-state index contributed by atoms with van der Waals surface area (Å²) in [5.74, 6) is -1.07. The van der Waals surface area contributed by atoms with Crippen molar-refractivity contribution < 1.29 is 23.9 Å². The maximum absolute atomic E-state index is 12.7. The molecule has 1 N–H and O–H groups in total. The normalized spacial score (nSPS) is 21.0. The molecule has 0 aromatic heterocycles. The zero-order valence-electron chi connectivity index (χ0n) is 13.2. The number of carbonyl (C=O) groups is 3. The Morgan fingerprint density at radius 3 is 2.32 bits per heavy atom. The second-order valence-corrected chi connectivity index (χ2v) is 5.89. The molecule has 2 saturated heterocycles. The van der Waals surface area contributed by atoms with Crippen molar-refractivity contribution in [3.05, 3.63) is 0 Å². The first kappa shape index (κ1) is 16.7. The minimum absolute atomic E-state index is 0.0628. The van der Waals surface area contributed by atoms with Gasteiger partial charge in [0, 0.05) is 6.42 Å². The molecule has 2 heterocycles. The first-order valence-corrected chi connectivity index (χ1v) is 7.74. The number of hydrogen-bond acceptors (Lipinski definition) is 6. The average Bonchev–Trinajstić information content (AvgIpc) is 3.10. The van der Waals surface area contributed by atoms with Crippen LogP contribution in [0.1, 0.15) is 38.5 Å². The van der Waals surface area contributed by atoms with E-state index in [1.807, 2.05) is 0 Å². The summed E-state index contributed by atoms with van der Waals surface area (Å²) in [5.41, 5.74) is -0.475. The van der Waals surface area contributed by atoms with Crippen LogP contribution in [0.2, 0.25) is 0 Å². The predicted octanol–water partition coefficient (Wildman–Crippen LogP) is 0.226. The van der Waals surface area contributed by atoms with E-state index < -0.39 is 23.5 Å². The van der Waals surface area contributed by atoms with Crippen LogP contribution < -0.4 is 5.32 Å². The molecule has 1 amide bonds. The van der Waals surface area contributed by atoms with Crippen molar-refractivity contribution in [3.8, 4) is 0 Å². The molecule has 0 spiro atoms. The molecule has 0 aliphatic carbocycles. The molecular formula is C15H24N2O5. The molecule has 0 bridgehead atoms. The van der Waals surface area contributed by atoms with Gasteiger partial charge in [-0.2, -0.15) is 0 Å². The predicted molar refractivity (Wildman–Crippen MR) is 78.0 cm³/mol. The Balaban J connectivity index is 2.01. The van der Waals surface area contributed by atoms with Crippen LogP contribution in [0.4, 0.5) is 0 Å². The number of nitrogens with one attached hydrogen (secondary N) is 1. The molecule has 124 valence electrons. The minimum atomic E-state index is -0.811. The summed E-state index contributed by atoms with van der Waals surface area (Å²) in [6.07, 6.45) is 3.89. The number of amides is 1.